The molecule has 0 saturated heterocycles. The normalized spacial score (nSPS) is 14.3. The quantitative estimate of drug-likeness (QED) is 0.527. The Morgan fingerprint density at radius 1 is 1.00 bits per heavy atom. The van der Waals surface area contributed by atoms with Crippen LogP contribution in [-0.2, 0) is 16.0 Å². The van der Waals surface area contributed by atoms with Crippen molar-refractivity contribution in [3.8, 4) is 5.75 Å². The van der Waals surface area contributed by atoms with Crippen LogP contribution in [0.2, 0.25) is 0 Å². The van der Waals surface area contributed by atoms with Gasteiger partial charge in [0.05, 0.1) is 6.61 Å². The van der Waals surface area contributed by atoms with Crippen LogP contribution in [0.4, 0.5) is 5.69 Å². The molecule has 2 N–H and O–H groups in total. The summed E-state index contributed by atoms with van der Waals surface area (Å²) in [5.74, 6) is 0.360. The van der Waals surface area contributed by atoms with Crippen molar-refractivity contribution in [2.75, 3.05) is 18.5 Å². The van der Waals surface area contributed by atoms with Crippen molar-refractivity contribution in [1.82, 2.24) is 5.32 Å². The van der Waals surface area contributed by atoms with Gasteiger partial charge in [0.1, 0.15) is 11.2 Å². The molecule has 0 bridgehead atoms. The van der Waals surface area contributed by atoms with Gasteiger partial charge in [-0.3, -0.25) is 9.59 Å². The van der Waals surface area contributed by atoms with E-state index in [2.05, 4.69) is 22.8 Å². The number of hydrogen-bond donors (Lipinski definition) is 2. The number of rotatable bonds is 9. The Kier molecular flexibility index (Phi) is 6.12. The Morgan fingerprint density at radius 2 is 1.70 bits per heavy atom. The average molecular weight is 366 g/mol. The van der Waals surface area contributed by atoms with Gasteiger partial charge >= 0.3 is 0 Å². The lowest BCUT2D eigenvalue weighted by atomic mass is 10.0. The minimum absolute atomic E-state index is 0.168. The van der Waals surface area contributed by atoms with E-state index >= 15 is 0 Å². The molecule has 0 radical (unpaired) electrons. The van der Waals surface area contributed by atoms with Gasteiger partial charge in [0.2, 0.25) is 11.8 Å². The first kappa shape index (κ1) is 19.0. The van der Waals surface area contributed by atoms with E-state index in [4.69, 9.17) is 4.74 Å². The van der Waals surface area contributed by atoms with Crippen LogP contribution in [0.25, 0.3) is 0 Å². The van der Waals surface area contributed by atoms with Gasteiger partial charge in [-0.15, -0.1) is 0 Å². The number of benzene rings is 2. The molecule has 1 aliphatic carbocycles. The molecule has 3 rings (SSSR count). The maximum Gasteiger partial charge on any atom is 0.240 e. The SMILES string of the molecule is CCOc1ccc(NC(=O)C2(C(=O)NCCCc3ccccc3)CC2)cc1. The Bertz CT molecular complexity index is 768. The van der Waals surface area contributed by atoms with E-state index in [-0.39, 0.29) is 11.8 Å². The minimum Gasteiger partial charge on any atom is -0.494 e. The first-order valence-electron chi connectivity index (χ1n) is 9.50. The summed E-state index contributed by atoms with van der Waals surface area (Å²) in [7, 11) is 0. The van der Waals surface area contributed by atoms with E-state index in [0.29, 0.717) is 31.7 Å². The topological polar surface area (TPSA) is 67.4 Å². The highest BCUT2D eigenvalue weighted by Crippen LogP contribution is 2.46. The lowest BCUT2D eigenvalue weighted by Gasteiger charge is -2.15. The molecule has 2 aromatic rings. The minimum atomic E-state index is -0.911. The molecule has 5 heteroatoms. The number of amides is 2. The highest BCUT2D eigenvalue weighted by Gasteiger charge is 2.56. The molecule has 0 atom stereocenters. The second-order valence-corrected chi connectivity index (χ2v) is 6.84. The fraction of sp³-hybridized carbons (Fsp3) is 0.364. The van der Waals surface area contributed by atoms with E-state index in [9.17, 15) is 9.59 Å². The molecule has 2 amide bonds. The number of carbonyl (C=O) groups excluding carboxylic acids is 2. The van der Waals surface area contributed by atoms with Crippen molar-refractivity contribution in [2.24, 2.45) is 5.41 Å². The fourth-order valence-corrected chi connectivity index (χ4v) is 3.04. The highest BCUT2D eigenvalue weighted by atomic mass is 16.5. The van der Waals surface area contributed by atoms with Crippen molar-refractivity contribution >= 4 is 17.5 Å². The predicted molar refractivity (Wildman–Crippen MR) is 106 cm³/mol. The van der Waals surface area contributed by atoms with Crippen LogP contribution < -0.4 is 15.4 Å². The van der Waals surface area contributed by atoms with Gasteiger partial charge in [0, 0.05) is 12.2 Å². The highest BCUT2D eigenvalue weighted by molar-refractivity contribution is 6.13. The van der Waals surface area contributed by atoms with Crippen molar-refractivity contribution < 1.29 is 14.3 Å². The maximum absolute atomic E-state index is 12.6. The van der Waals surface area contributed by atoms with E-state index < -0.39 is 5.41 Å². The van der Waals surface area contributed by atoms with E-state index in [1.807, 2.05) is 37.3 Å². The number of nitrogens with one attached hydrogen (secondary N) is 2. The number of ether oxygens (including phenoxy) is 1. The zero-order valence-corrected chi connectivity index (χ0v) is 15.7. The number of hydrogen-bond acceptors (Lipinski definition) is 3. The maximum atomic E-state index is 12.6. The van der Waals surface area contributed by atoms with Crippen LogP contribution >= 0.6 is 0 Å². The Hall–Kier alpha value is -2.82. The van der Waals surface area contributed by atoms with Gasteiger partial charge in [-0.1, -0.05) is 30.3 Å². The van der Waals surface area contributed by atoms with Crippen molar-refractivity contribution in [3.63, 3.8) is 0 Å². The van der Waals surface area contributed by atoms with Crippen molar-refractivity contribution in [2.45, 2.75) is 32.6 Å². The molecule has 142 valence electrons. The van der Waals surface area contributed by atoms with Crippen molar-refractivity contribution in [1.29, 1.82) is 0 Å². The van der Waals surface area contributed by atoms with Crippen molar-refractivity contribution in [3.05, 3.63) is 60.2 Å². The molecule has 0 spiro atoms. The first-order chi connectivity index (χ1) is 13.1. The zero-order valence-electron chi connectivity index (χ0n) is 15.7. The molecule has 5 nitrogen and oxygen atoms in total. The number of carbonyl (C=O) groups is 2. The first-order valence-corrected chi connectivity index (χ1v) is 9.50. The van der Waals surface area contributed by atoms with Gasteiger partial charge in [0.15, 0.2) is 0 Å². The summed E-state index contributed by atoms with van der Waals surface area (Å²) in [4.78, 5) is 25.1. The fourth-order valence-electron chi connectivity index (χ4n) is 3.04. The Labute approximate surface area is 160 Å². The van der Waals surface area contributed by atoms with Crippen LogP contribution in [0.15, 0.2) is 54.6 Å². The third-order valence-electron chi connectivity index (χ3n) is 4.81. The van der Waals surface area contributed by atoms with E-state index in [0.717, 1.165) is 18.6 Å². The summed E-state index contributed by atoms with van der Waals surface area (Å²) in [6.45, 7) is 3.09. The average Bonchev–Trinajstić information content (AvgIpc) is 3.50. The molecular formula is C22H26N2O3. The molecule has 2 aromatic carbocycles. The van der Waals surface area contributed by atoms with Gasteiger partial charge in [0.25, 0.3) is 0 Å². The predicted octanol–water partition coefficient (Wildman–Crippen LogP) is 3.55. The molecule has 0 heterocycles. The van der Waals surface area contributed by atoms with E-state index in [1.165, 1.54) is 5.56 Å². The summed E-state index contributed by atoms with van der Waals surface area (Å²) in [5.41, 5.74) is 1.01. The van der Waals surface area contributed by atoms with Crippen LogP contribution in [0.3, 0.4) is 0 Å². The second-order valence-electron chi connectivity index (χ2n) is 6.84. The molecule has 1 aliphatic rings. The summed E-state index contributed by atoms with van der Waals surface area (Å²) in [6.07, 6.45) is 2.96. The Morgan fingerprint density at radius 3 is 2.33 bits per heavy atom. The third-order valence-corrected chi connectivity index (χ3v) is 4.81. The molecular weight excluding hydrogens is 340 g/mol. The van der Waals surface area contributed by atoms with Gasteiger partial charge in [-0.25, -0.2) is 0 Å². The lowest BCUT2D eigenvalue weighted by molar-refractivity contribution is -0.134. The largest absolute Gasteiger partial charge is 0.494 e. The van der Waals surface area contributed by atoms with Gasteiger partial charge in [-0.2, -0.15) is 0 Å². The smallest absolute Gasteiger partial charge is 0.240 e. The lowest BCUT2D eigenvalue weighted by Crippen LogP contribution is -2.40. The third kappa shape index (κ3) is 4.88. The molecule has 1 fully saturated rings. The Balaban J connectivity index is 1.46. The number of anilines is 1. The molecule has 0 unspecified atom stereocenters. The second kappa shape index (κ2) is 8.71. The molecule has 0 aliphatic heterocycles. The van der Waals surface area contributed by atoms with Gasteiger partial charge in [-0.05, 0) is 62.4 Å². The standard InChI is InChI=1S/C22H26N2O3/c1-2-27-19-12-10-18(11-13-19)24-21(26)22(14-15-22)20(25)23-16-6-9-17-7-4-3-5-8-17/h3-5,7-8,10-13H,2,6,9,14-16H2,1H3,(H,23,25)(H,24,26). The summed E-state index contributed by atoms with van der Waals surface area (Å²) >= 11 is 0. The molecule has 27 heavy (non-hydrogen) atoms. The number of aryl methyl sites for hydroxylation is 1. The summed E-state index contributed by atoms with van der Waals surface area (Å²) in [6, 6.07) is 17.4. The van der Waals surface area contributed by atoms with Crippen LogP contribution in [0.5, 0.6) is 5.75 Å². The molecule has 0 aromatic heterocycles. The van der Waals surface area contributed by atoms with Crippen LogP contribution in [-0.4, -0.2) is 25.0 Å². The summed E-state index contributed by atoms with van der Waals surface area (Å²) < 4.78 is 5.39. The molecule has 1 saturated carbocycles. The van der Waals surface area contributed by atoms with Crippen LogP contribution in [0, 0.1) is 5.41 Å². The summed E-state index contributed by atoms with van der Waals surface area (Å²) in [5, 5.41) is 5.78. The van der Waals surface area contributed by atoms with Gasteiger partial charge < -0.3 is 15.4 Å². The monoisotopic (exact) mass is 366 g/mol. The zero-order chi connectivity index (χ0) is 19.1. The van der Waals surface area contributed by atoms with Crippen LogP contribution in [0.1, 0.15) is 31.7 Å². The van der Waals surface area contributed by atoms with E-state index in [1.54, 1.807) is 12.1 Å².